The highest BCUT2D eigenvalue weighted by Gasteiger charge is 2.18. The van der Waals surface area contributed by atoms with Gasteiger partial charge in [-0.25, -0.2) is 4.79 Å². The van der Waals surface area contributed by atoms with Crippen LogP contribution in [0.15, 0.2) is 41.2 Å². The molecule has 112 valence electrons. The summed E-state index contributed by atoms with van der Waals surface area (Å²) in [6, 6.07) is 7.38. The summed E-state index contributed by atoms with van der Waals surface area (Å²) in [6.45, 7) is 0.291. The molecule has 1 amide bonds. The first kappa shape index (κ1) is 15.2. The lowest BCUT2D eigenvalue weighted by atomic mass is 10.3. The number of rotatable bonds is 5. The van der Waals surface area contributed by atoms with Crippen LogP contribution >= 0.6 is 11.8 Å². The van der Waals surface area contributed by atoms with Gasteiger partial charge < -0.3 is 19.5 Å². The first-order valence-electron chi connectivity index (χ1n) is 6.25. The van der Waals surface area contributed by atoms with Crippen molar-refractivity contribution >= 4 is 29.3 Å². The van der Waals surface area contributed by atoms with E-state index in [0.717, 1.165) is 4.90 Å². The van der Waals surface area contributed by atoms with Gasteiger partial charge in [-0.1, -0.05) is 12.1 Å². The number of benzene rings is 1. The SMILES string of the molecule is CSc1ccccc1NC(=O)COC(=O)C1=COCCO1. The number of esters is 1. The molecule has 6 nitrogen and oxygen atoms in total. The van der Waals surface area contributed by atoms with Gasteiger partial charge in [-0.2, -0.15) is 0 Å². The second-order valence-electron chi connectivity index (χ2n) is 4.03. The minimum absolute atomic E-state index is 0.0291. The van der Waals surface area contributed by atoms with E-state index in [9.17, 15) is 9.59 Å². The average Bonchev–Trinajstić information content (AvgIpc) is 2.54. The summed E-state index contributed by atoms with van der Waals surface area (Å²) in [4.78, 5) is 24.3. The number of thioether (sulfide) groups is 1. The topological polar surface area (TPSA) is 73.9 Å². The van der Waals surface area contributed by atoms with E-state index in [4.69, 9.17) is 14.2 Å². The Balaban J connectivity index is 1.84. The second-order valence-corrected chi connectivity index (χ2v) is 4.87. The molecule has 1 aliphatic rings. The largest absolute Gasteiger partial charge is 0.493 e. The highest BCUT2D eigenvalue weighted by molar-refractivity contribution is 7.98. The molecule has 7 heteroatoms. The number of hydrogen-bond acceptors (Lipinski definition) is 6. The van der Waals surface area contributed by atoms with Crippen LogP contribution in [0.4, 0.5) is 5.69 Å². The molecule has 0 bridgehead atoms. The number of carbonyl (C=O) groups is 2. The van der Waals surface area contributed by atoms with Gasteiger partial charge in [0.1, 0.15) is 19.5 Å². The summed E-state index contributed by atoms with van der Waals surface area (Å²) in [6.07, 6.45) is 3.10. The lowest BCUT2D eigenvalue weighted by molar-refractivity contribution is -0.148. The summed E-state index contributed by atoms with van der Waals surface area (Å²) < 4.78 is 14.9. The number of hydrogen-bond donors (Lipinski definition) is 1. The molecule has 1 aromatic carbocycles. The van der Waals surface area contributed by atoms with Gasteiger partial charge >= 0.3 is 5.97 Å². The fourth-order valence-corrected chi connectivity index (χ4v) is 2.17. The van der Waals surface area contributed by atoms with Crippen molar-refractivity contribution in [3.8, 4) is 0 Å². The van der Waals surface area contributed by atoms with Gasteiger partial charge in [0.15, 0.2) is 6.61 Å². The third kappa shape index (κ3) is 4.42. The number of ether oxygens (including phenoxy) is 3. The molecule has 1 N–H and O–H groups in total. The summed E-state index contributed by atoms with van der Waals surface area (Å²) in [7, 11) is 0. The van der Waals surface area contributed by atoms with E-state index < -0.39 is 11.9 Å². The zero-order valence-electron chi connectivity index (χ0n) is 11.5. The molecule has 1 aromatic rings. The van der Waals surface area contributed by atoms with Crippen molar-refractivity contribution in [1.82, 2.24) is 0 Å². The quantitative estimate of drug-likeness (QED) is 0.660. The van der Waals surface area contributed by atoms with Gasteiger partial charge in [-0.15, -0.1) is 11.8 Å². The number of para-hydroxylation sites is 1. The van der Waals surface area contributed by atoms with Crippen molar-refractivity contribution < 1.29 is 23.8 Å². The first-order valence-corrected chi connectivity index (χ1v) is 7.47. The number of carbonyl (C=O) groups excluding carboxylic acids is 2. The molecule has 0 saturated heterocycles. The van der Waals surface area contributed by atoms with Crippen molar-refractivity contribution in [2.45, 2.75) is 4.90 Å². The standard InChI is InChI=1S/C14H15NO5S/c1-21-12-5-3-2-4-10(12)15-13(16)9-20-14(17)11-8-18-6-7-19-11/h2-5,8H,6-7,9H2,1H3,(H,15,16). The molecule has 0 spiro atoms. The van der Waals surface area contributed by atoms with Crippen molar-refractivity contribution in [2.24, 2.45) is 0 Å². The van der Waals surface area contributed by atoms with Crippen molar-refractivity contribution in [3.63, 3.8) is 0 Å². The maximum absolute atomic E-state index is 11.8. The van der Waals surface area contributed by atoms with Crippen molar-refractivity contribution in [2.75, 3.05) is 31.4 Å². The zero-order chi connectivity index (χ0) is 15.1. The number of amides is 1. The minimum atomic E-state index is -0.719. The molecular weight excluding hydrogens is 294 g/mol. The number of nitrogens with one attached hydrogen (secondary N) is 1. The third-order valence-electron chi connectivity index (χ3n) is 2.57. The van der Waals surface area contributed by atoms with Gasteiger partial charge in [0, 0.05) is 4.90 Å². The Labute approximate surface area is 126 Å². The van der Waals surface area contributed by atoms with Crippen LogP contribution in [0.5, 0.6) is 0 Å². The van der Waals surface area contributed by atoms with E-state index in [2.05, 4.69) is 5.32 Å². The highest BCUT2D eigenvalue weighted by Crippen LogP contribution is 2.24. The second kappa shape index (κ2) is 7.58. The molecule has 0 unspecified atom stereocenters. The predicted octanol–water partition coefficient (Wildman–Crippen LogP) is 1.78. The lowest BCUT2D eigenvalue weighted by Crippen LogP contribution is -2.24. The van der Waals surface area contributed by atoms with E-state index in [1.165, 1.54) is 18.0 Å². The predicted molar refractivity (Wildman–Crippen MR) is 77.8 cm³/mol. The Bertz CT molecular complexity index is 558. The van der Waals surface area contributed by atoms with E-state index >= 15 is 0 Å². The van der Waals surface area contributed by atoms with Crippen molar-refractivity contribution in [3.05, 3.63) is 36.3 Å². The molecule has 0 aliphatic carbocycles. The summed E-state index contributed by atoms with van der Waals surface area (Å²) in [5.74, 6) is -1.16. The molecule has 21 heavy (non-hydrogen) atoms. The van der Waals surface area contributed by atoms with Crippen molar-refractivity contribution in [1.29, 1.82) is 0 Å². The Morgan fingerprint density at radius 1 is 1.33 bits per heavy atom. The Morgan fingerprint density at radius 3 is 2.86 bits per heavy atom. The molecule has 0 atom stereocenters. The summed E-state index contributed by atoms with van der Waals surface area (Å²) in [5.41, 5.74) is 0.683. The third-order valence-corrected chi connectivity index (χ3v) is 3.36. The normalized spacial score (nSPS) is 13.5. The monoisotopic (exact) mass is 309 g/mol. The molecule has 0 radical (unpaired) electrons. The van der Waals surface area contributed by atoms with E-state index in [1.54, 1.807) is 6.07 Å². The smallest absolute Gasteiger partial charge is 0.377 e. The number of anilines is 1. The highest BCUT2D eigenvalue weighted by atomic mass is 32.2. The Kier molecular flexibility index (Phi) is 5.51. The lowest BCUT2D eigenvalue weighted by Gasteiger charge is -2.14. The molecule has 0 aromatic heterocycles. The Morgan fingerprint density at radius 2 is 2.14 bits per heavy atom. The van der Waals surface area contributed by atoms with Crippen LogP contribution in [0.3, 0.4) is 0 Å². The zero-order valence-corrected chi connectivity index (χ0v) is 12.3. The summed E-state index contributed by atoms with van der Waals surface area (Å²) >= 11 is 1.52. The molecule has 1 heterocycles. The van der Waals surface area contributed by atoms with E-state index in [-0.39, 0.29) is 19.0 Å². The van der Waals surface area contributed by atoms with E-state index in [0.29, 0.717) is 12.3 Å². The van der Waals surface area contributed by atoms with Crippen LogP contribution < -0.4 is 5.32 Å². The molecule has 2 rings (SSSR count). The molecule has 0 saturated carbocycles. The molecule has 0 fully saturated rings. The maximum Gasteiger partial charge on any atom is 0.377 e. The van der Waals surface area contributed by atoms with Crippen LogP contribution in [0.25, 0.3) is 0 Å². The maximum atomic E-state index is 11.8. The fourth-order valence-electron chi connectivity index (χ4n) is 1.61. The van der Waals surface area contributed by atoms with Crippen LogP contribution in [0.1, 0.15) is 0 Å². The van der Waals surface area contributed by atoms with Crippen LogP contribution in [-0.4, -0.2) is 38.0 Å². The van der Waals surface area contributed by atoms with Gasteiger partial charge in [-0.05, 0) is 18.4 Å². The van der Waals surface area contributed by atoms with E-state index in [1.807, 2.05) is 24.5 Å². The Hall–Kier alpha value is -2.15. The first-order chi connectivity index (χ1) is 10.2. The summed E-state index contributed by atoms with van der Waals surface area (Å²) in [5, 5.41) is 2.69. The molecular formula is C14H15NO5S. The van der Waals surface area contributed by atoms with Gasteiger partial charge in [0.05, 0.1) is 5.69 Å². The molecule has 1 aliphatic heterocycles. The minimum Gasteiger partial charge on any atom is -0.493 e. The van der Waals surface area contributed by atoms with Crippen LogP contribution in [-0.2, 0) is 23.8 Å². The van der Waals surface area contributed by atoms with Gasteiger partial charge in [0.2, 0.25) is 5.76 Å². The average molecular weight is 309 g/mol. The fraction of sp³-hybridized carbons (Fsp3) is 0.286. The van der Waals surface area contributed by atoms with Gasteiger partial charge in [-0.3, -0.25) is 4.79 Å². The van der Waals surface area contributed by atoms with Gasteiger partial charge in [0.25, 0.3) is 5.91 Å². The van der Waals surface area contributed by atoms with Crippen LogP contribution in [0, 0.1) is 0 Å². The van der Waals surface area contributed by atoms with Crippen LogP contribution in [0.2, 0.25) is 0 Å².